The van der Waals surface area contributed by atoms with E-state index in [1.807, 2.05) is 5.32 Å². The summed E-state index contributed by atoms with van der Waals surface area (Å²) < 4.78 is 77.1. The maximum absolute atomic E-state index is 12.8. The van der Waals surface area contributed by atoms with Crippen LogP contribution in [-0.4, -0.2) is 0 Å². The van der Waals surface area contributed by atoms with Crippen molar-refractivity contribution in [3.05, 3.63) is 39.6 Å². The van der Waals surface area contributed by atoms with E-state index in [4.69, 9.17) is 27.4 Å². The molecule has 11 heteroatoms. The van der Waals surface area contributed by atoms with Crippen LogP contribution in [0.4, 0.5) is 32.0 Å². The number of hydrogen-bond donors (Lipinski definition) is 1. The summed E-state index contributed by atoms with van der Waals surface area (Å²) >= 11 is 5.19. The molecule has 0 aliphatic carbocycles. The first kappa shape index (κ1) is 19.1. The molecule has 1 aromatic rings. The Balaban J connectivity index is 3.64. The van der Waals surface area contributed by atoms with E-state index in [2.05, 4.69) is 0 Å². The molecule has 0 heterocycles. The van der Waals surface area contributed by atoms with Gasteiger partial charge in [0.1, 0.15) is 23.9 Å². The fraction of sp³-hybridized carbons (Fsp3) is 0.154. The van der Waals surface area contributed by atoms with Gasteiger partial charge in [-0.05, 0) is 12.1 Å². The van der Waals surface area contributed by atoms with Gasteiger partial charge in [-0.25, -0.2) is 0 Å². The van der Waals surface area contributed by atoms with Gasteiger partial charge in [0.05, 0.1) is 16.1 Å². The predicted octanol–water partition coefficient (Wildman–Crippen LogP) is 4.61. The van der Waals surface area contributed by atoms with Crippen LogP contribution in [0.2, 0.25) is 5.02 Å². The smallest absolute Gasteiger partial charge is 0.345 e. The molecular weight excluding hydrogens is 362 g/mol. The van der Waals surface area contributed by atoms with Crippen molar-refractivity contribution in [2.45, 2.75) is 12.4 Å². The average molecular weight is 365 g/mol. The lowest BCUT2D eigenvalue weighted by molar-refractivity contribution is -0.142. The van der Waals surface area contributed by atoms with Gasteiger partial charge in [0.15, 0.2) is 5.57 Å². The van der Waals surface area contributed by atoms with Crippen molar-refractivity contribution in [2.75, 3.05) is 5.32 Å². The third-order valence-electron chi connectivity index (χ3n) is 2.54. The molecule has 0 unspecified atom stereocenters. The standard InChI is InChI=1S/C13H3ClF6N4/c14-11-8(12(15,16)17)1-7(2-9(11)13(18,19)20)24-10(5-23)6(3-21)4-22/h1-2,24H. The highest BCUT2D eigenvalue weighted by Crippen LogP contribution is 2.44. The number of benzene rings is 1. The number of allylic oxidation sites excluding steroid dienone is 2. The van der Waals surface area contributed by atoms with E-state index in [1.165, 1.54) is 18.2 Å². The maximum atomic E-state index is 12.8. The number of rotatable bonds is 2. The van der Waals surface area contributed by atoms with Crippen molar-refractivity contribution in [1.82, 2.24) is 0 Å². The Kier molecular flexibility index (Phi) is 5.34. The summed E-state index contributed by atoms with van der Waals surface area (Å²) in [6.45, 7) is 0. The fourth-order valence-corrected chi connectivity index (χ4v) is 1.86. The number of nitrogens with one attached hydrogen (secondary N) is 1. The summed E-state index contributed by atoms with van der Waals surface area (Å²) in [5.74, 6) is 0. The van der Waals surface area contributed by atoms with Gasteiger partial charge in [0.2, 0.25) is 0 Å². The Morgan fingerprint density at radius 1 is 0.875 bits per heavy atom. The predicted molar refractivity (Wildman–Crippen MR) is 68.9 cm³/mol. The second-order valence-corrected chi connectivity index (χ2v) is 4.47. The van der Waals surface area contributed by atoms with Crippen LogP contribution in [0.3, 0.4) is 0 Å². The largest absolute Gasteiger partial charge is 0.417 e. The summed E-state index contributed by atoms with van der Waals surface area (Å²) in [7, 11) is 0. The van der Waals surface area contributed by atoms with Gasteiger partial charge < -0.3 is 5.32 Å². The van der Waals surface area contributed by atoms with Gasteiger partial charge in [-0.1, -0.05) is 11.6 Å². The van der Waals surface area contributed by atoms with Crippen LogP contribution in [0.25, 0.3) is 0 Å². The molecule has 0 aliphatic heterocycles. The van der Waals surface area contributed by atoms with E-state index < -0.39 is 45.5 Å². The quantitative estimate of drug-likeness (QED) is 0.613. The summed E-state index contributed by atoms with van der Waals surface area (Å²) in [5.41, 5.74) is -5.99. The highest BCUT2D eigenvalue weighted by Gasteiger charge is 2.41. The number of alkyl halides is 6. The lowest BCUT2D eigenvalue weighted by Crippen LogP contribution is -2.14. The molecule has 24 heavy (non-hydrogen) atoms. The molecule has 0 saturated heterocycles. The fourth-order valence-electron chi connectivity index (χ4n) is 1.54. The molecule has 0 radical (unpaired) electrons. The third kappa shape index (κ3) is 4.09. The van der Waals surface area contributed by atoms with Gasteiger partial charge in [-0.15, -0.1) is 0 Å². The molecule has 1 aromatic carbocycles. The SMILES string of the molecule is N#CC(C#N)=C(C#N)Nc1cc(C(F)(F)F)c(Cl)c(C(F)(F)F)c1. The molecule has 0 atom stereocenters. The third-order valence-corrected chi connectivity index (χ3v) is 2.95. The first-order valence-electron chi connectivity index (χ1n) is 5.65. The summed E-state index contributed by atoms with van der Waals surface area (Å²) in [5, 5.41) is 26.4. The van der Waals surface area contributed by atoms with Crippen LogP contribution in [0.15, 0.2) is 23.4 Å². The van der Waals surface area contributed by atoms with Gasteiger partial charge in [0.25, 0.3) is 0 Å². The normalized spacial score (nSPS) is 11.0. The number of hydrogen-bond acceptors (Lipinski definition) is 4. The summed E-state index contributed by atoms with van der Waals surface area (Å²) in [6, 6.07) is 4.36. The Bertz CT molecular complexity index is 766. The summed E-state index contributed by atoms with van der Waals surface area (Å²) in [6.07, 6.45) is -10.4. The van der Waals surface area contributed by atoms with Crippen LogP contribution < -0.4 is 5.32 Å². The molecule has 4 nitrogen and oxygen atoms in total. The van der Waals surface area contributed by atoms with Crippen molar-refractivity contribution < 1.29 is 26.3 Å². The molecule has 0 aromatic heterocycles. The first-order chi connectivity index (χ1) is 11.0. The van der Waals surface area contributed by atoms with Crippen molar-refractivity contribution in [2.24, 2.45) is 0 Å². The Hall–Kier alpha value is -2.90. The maximum Gasteiger partial charge on any atom is 0.417 e. The molecule has 0 fully saturated rings. The first-order valence-corrected chi connectivity index (χ1v) is 6.03. The van der Waals surface area contributed by atoms with E-state index in [0.717, 1.165) is 0 Å². The Labute approximate surface area is 135 Å². The van der Waals surface area contributed by atoms with Gasteiger partial charge in [-0.3, -0.25) is 0 Å². The van der Waals surface area contributed by atoms with E-state index in [-0.39, 0.29) is 12.1 Å². The topological polar surface area (TPSA) is 83.4 Å². The van der Waals surface area contributed by atoms with E-state index >= 15 is 0 Å². The minimum atomic E-state index is -5.20. The van der Waals surface area contributed by atoms with Crippen LogP contribution in [0, 0.1) is 34.0 Å². The lowest BCUT2D eigenvalue weighted by Gasteiger charge is -2.17. The molecule has 124 valence electrons. The van der Waals surface area contributed by atoms with Gasteiger partial charge in [-0.2, -0.15) is 42.1 Å². The second-order valence-electron chi connectivity index (χ2n) is 4.09. The Morgan fingerprint density at radius 2 is 1.29 bits per heavy atom. The zero-order chi connectivity index (χ0) is 18.7. The van der Waals surface area contributed by atoms with Gasteiger partial charge >= 0.3 is 12.4 Å². The monoisotopic (exact) mass is 364 g/mol. The zero-order valence-electron chi connectivity index (χ0n) is 11.1. The highest BCUT2D eigenvalue weighted by atomic mass is 35.5. The van der Waals surface area contributed by atoms with E-state index in [1.54, 1.807) is 0 Å². The van der Waals surface area contributed by atoms with Crippen molar-refractivity contribution >= 4 is 17.3 Å². The van der Waals surface area contributed by atoms with Crippen LogP contribution in [-0.2, 0) is 12.4 Å². The van der Waals surface area contributed by atoms with Gasteiger partial charge in [0, 0.05) is 5.69 Å². The molecule has 0 bridgehead atoms. The molecule has 0 amide bonds. The molecule has 1 N–H and O–H groups in total. The number of nitrogens with zero attached hydrogens (tertiary/aromatic N) is 3. The second kappa shape index (κ2) is 6.69. The van der Waals surface area contributed by atoms with Crippen molar-refractivity contribution in [3.8, 4) is 18.2 Å². The molecule has 0 aliphatic rings. The van der Waals surface area contributed by atoms with Crippen LogP contribution in [0.5, 0.6) is 0 Å². The molecular formula is C13H3ClF6N4. The molecule has 0 saturated carbocycles. The minimum Gasteiger partial charge on any atom is -0.345 e. The van der Waals surface area contributed by atoms with Crippen LogP contribution >= 0.6 is 11.6 Å². The van der Waals surface area contributed by atoms with E-state index in [9.17, 15) is 26.3 Å². The number of anilines is 1. The molecule has 1 rings (SSSR count). The summed E-state index contributed by atoms with van der Waals surface area (Å²) in [4.78, 5) is 0. The number of nitriles is 3. The highest BCUT2D eigenvalue weighted by molar-refractivity contribution is 6.32. The number of halogens is 7. The minimum absolute atomic E-state index is 0.237. The average Bonchev–Trinajstić information content (AvgIpc) is 2.46. The van der Waals surface area contributed by atoms with E-state index in [0.29, 0.717) is 0 Å². The Morgan fingerprint density at radius 3 is 1.58 bits per heavy atom. The van der Waals surface area contributed by atoms with Crippen molar-refractivity contribution in [3.63, 3.8) is 0 Å². The van der Waals surface area contributed by atoms with Crippen LogP contribution in [0.1, 0.15) is 11.1 Å². The van der Waals surface area contributed by atoms with Crippen molar-refractivity contribution in [1.29, 1.82) is 15.8 Å². The molecule has 0 spiro atoms. The zero-order valence-corrected chi connectivity index (χ0v) is 11.9. The lowest BCUT2D eigenvalue weighted by atomic mass is 10.1.